The second kappa shape index (κ2) is 9.41. The highest BCUT2D eigenvalue weighted by Gasteiger charge is 2.32. The zero-order valence-electron chi connectivity index (χ0n) is 16.8. The van der Waals surface area contributed by atoms with Crippen LogP contribution in [0.1, 0.15) is 29.5 Å². The zero-order valence-corrected chi connectivity index (χ0v) is 19.2. The molecule has 1 heterocycles. The van der Waals surface area contributed by atoms with Crippen LogP contribution < -0.4 is 5.32 Å². The lowest BCUT2D eigenvalue weighted by molar-refractivity contribution is -0.126. The number of piperidine rings is 1. The van der Waals surface area contributed by atoms with Gasteiger partial charge in [-0.05, 0) is 68.0 Å². The Bertz CT molecular complexity index is 983. The third-order valence-electron chi connectivity index (χ3n) is 5.59. The van der Waals surface area contributed by atoms with Gasteiger partial charge in [0, 0.05) is 30.0 Å². The van der Waals surface area contributed by atoms with E-state index in [1.807, 2.05) is 44.2 Å². The highest BCUT2D eigenvalue weighted by atomic mass is 79.9. The molecule has 0 atom stereocenters. The van der Waals surface area contributed by atoms with Crippen molar-refractivity contribution in [2.45, 2.75) is 38.0 Å². The van der Waals surface area contributed by atoms with Crippen LogP contribution in [0.2, 0.25) is 0 Å². The van der Waals surface area contributed by atoms with E-state index in [1.54, 1.807) is 12.1 Å². The van der Waals surface area contributed by atoms with Gasteiger partial charge in [0.2, 0.25) is 15.9 Å². The van der Waals surface area contributed by atoms with Crippen molar-refractivity contribution in [1.82, 2.24) is 9.62 Å². The number of nitrogens with zero attached hydrogens (tertiary/aromatic N) is 1. The summed E-state index contributed by atoms with van der Waals surface area (Å²) < 4.78 is 28.4. The van der Waals surface area contributed by atoms with Gasteiger partial charge in [-0.1, -0.05) is 40.2 Å². The van der Waals surface area contributed by atoms with Crippen LogP contribution in [0.5, 0.6) is 0 Å². The first-order chi connectivity index (χ1) is 13.8. The van der Waals surface area contributed by atoms with Crippen LogP contribution >= 0.6 is 15.9 Å². The van der Waals surface area contributed by atoms with Gasteiger partial charge in [0.15, 0.2) is 0 Å². The fourth-order valence-electron chi connectivity index (χ4n) is 3.55. The number of aryl methyl sites for hydroxylation is 2. The normalized spacial score (nSPS) is 16.0. The monoisotopic (exact) mass is 478 g/mol. The summed E-state index contributed by atoms with van der Waals surface area (Å²) in [7, 11) is -3.51. The smallest absolute Gasteiger partial charge is 0.243 e. The van der Waals surface area contributed by atoms with Crippen molar-refractivity contribution in [1.29, 1.82) is 0 Å². The summed E-state index contributed by atoms with van der Waals surface area (Å²) in [6, 6.07) is 13.2. The minimum Gasteiger partial charge on any atom is -0.356 e. The van der Waals surface area contributed by atoms with Crippen LogP contribution in [0.4, 0.5) is 0 Å². The second-order valence-electron chi connectivity index (χ2n) is 7.56. The second-order valence-corrected chi connectivity index (χ2v) is 10.3. The number of rotatable bonds is 6. The maximum Gasteiger partial charge on any atom is 0.243 e. The van der Waals surface area contributed by atoms with E-state index in [4.69, 9.17) is 0 Å². The number of hydrogen-bond acceptors (Lipinski definition) is 3. The summed E-state index contributed by atoms with van der Waals surface area (Å²) in [4.78, 5) is 12.8. The van der Waals surface area contributed by atoms with Gasteiger partial charge < -0.3 is 5.32 Å². The third kappa shape index (κ3) is 5.27. The number of nitrogens with one attached hydrogen (secondary N) is 1. The molecule has 2 aromatic rings. The minimum absolute atomic E-state index is 0.0141. The fraction of sp³-hybridized carbons (Fsp3) is 0.409. The van der Waals surface area contributed by atoms with Crippen molar-refractivity contribution in [2.24, 2.45) is 5.92 Å². The highest BCUT2D eigenvalue weighted by molar-refractivity contribution is 9.10. The molecule has 0 aliphatic carbocycles. The lowest BCUT2D eigenvalue weighted by atomic mass is 9.97. The summed E-state index contributed by atoms with van der Waals surface area (Å²) in [6.07, 6.45) is 1.85. The molecule has 0 spiro atoms. The van der Waals surface area contributed by atoms with Gasteiger partial charge in [-0.15, -0.1) is 0 Å². The van der Waals surface area contributed by atoms with Crippen molar-refractivity contribution >= 4 is 31.9 Å². The summed E-state index contributed by atoms with van der Waals surface area (Å²) in [5.41, 5.74) is 3.19. The zero-order chi connectivity index (χ0) is 21.0. The predicted molar refractivity (Wildman–Crippen MR) is 118 cm³/mol. The minimum atomic E-state index is -3.51. The van der Waals surface area contributed by atoms with E-state index in [1.165, 1.54) is 4.31 Å². The molecule has 5 nitrogen and oxygen atoms in total. The van der Waals surface area contributed by atoms with Gasteiger partial charge in [0.25, 0.3) is 0 Å². The van der Waals surface area contributed by atoms with Gasteiger partial charge in [-0.3, -0.25) is 4.79 Å². The maximum atomic E-state index is 12.9. The van der Waals surface area contributed by atoms with Gasteiger partial charge >= 0.3 is 0 Å². The van der Waals surface area contributed by atoms with Crippen LogP contribution in [0.25, 0.3) is 0 Å². The Balaban J connectivity index is 1.52. The first kappa shape index (κ1) is 22.0. The number of amides is 1. The number of hydrogen-bond donors (Lipinski definition) is 1. The van der Waals surface area contributed by atoms with Crippen molar-refractivity contribution in [3.63, 3.8) is 0 Å². The molecule has 156 valence electrons. The molecule has 2 aromatic carbocycles. The predicted octanol–water partition coefficient (Wildman–Crippen LogP) is 3.83. The lowest BCUT2D eigenvalue weighted by Crippen LogP contribution is -2.43. The van der Waals surface area contributed by atoms with Crippen LogP contribution in [0.15, 0.2) is 51.8 Å². The Morgan fingerprint density at radius 2 is 1.79 bits per heavy atom. The van der Waals surface area contributed by atoms with Crippen LogP contribution in [-0.2, 0) is 21.2 Å². The summed E-state index contributed by atoms with van der Waals surface area (Å²) in [6.45, 7) is 5.20. The molecule has 1 fully saturated rings. The summed E-state index contributed by atoms with van der Waals surface area (Å²) in [5, 5.41) is 3.00. The molecule has 7 heteroatoms. The quantitative estimate of drug-likeness (QED) is 0.685. The number of carbonyl (C=O) groups is 1. The van der Waals surface area contributed by atoms with E-state index in [-0.39, 0.29) is 11.8 Å². The largest absolute Gasteiger partial charge is 0.356 e. The molecule has 0 bridgehead atoms. The molecule has 1 saturated heterocycles. The van der Waals surface area contributed by atoms with Crippen molar-refractivity contribution in [2.75, 3.05) is 19.6 Å². The van der Waals surface area contributed by atoms with Crippen LogP contribution in [-0.4, -0.2) is 38.3 Å². The van der Waals surface area contributed by atoms with Gasteiger partial charge in [-0.2, -0.15) is 4.31 Å². The van der Waals surface area contributed by atoms with E-state index < -0.39 is 10.0 Å². The Morgan fingerprint density at radius 1 is 1.10 bits per heavy atom. The Morgan fingerprint density at radius 3 is 2.45 bits per heavy atom. The molecular formula is C22H27BrN2O3S. The van der Waals surface area contributed by atoms with Crippen molar-refractivity contribution < 1.29 is 13.2 Å². The van der Waals surface area contributed by atoms with Gasteiger partial charge in [0.05, 0.1) is 4.90 Å². The average Bonchev–Trinajstić information content (AvgIpc) is 2.71. The van der Waals surface area contributed by atoms with Gasteiger partial charge in [-0.25, -0.2) is 8.42 Å². The number of halogens is 1. The van der Waals surface area contributed by atoms with Crippen LogP contribution in [0.3, 0.4) is 0 Å². The molecule has 3 rings (SSSR count). The highest BCUT2D eigenvalue weighted by Crippen LogP contribution is 2.25. The first-order valence-corrected chi connectivity index (χ1v) is 12.1. The van der Waals surface area contributed by atoms with E-state index in [2.05, 4.69) is 21.2 Å². The molecule has 0 unspecified atom stereocenters. The van der Waals surface area contributed by atoms with E-state index in [0.717, 1.165) is 27.6 Å². The summed E-state index contributed by atoms with van der Waals surface area (Å²) in [5.74, 6) is -0.124. The fourth-order valence-corrected chi connectivity index (χ4v) is 5.59. The Labute approximate surface area is 181 Å². The SMILES string of the molecule is Cc1ccc(S(=O)(=O)N2CCC(C(=O)NCCc3ccccc3Br)CC2)cc1C. The third-order valence-corrected chi connectivity index (χ3v) is 8.26. The molecule has 0 radical (unpaired) electrons. The molecular weight excluding hydrogens is 452 g/mol. The van der Waals surface area contributed by atoms with E-state index in [0.29, 0.717) is 37.4 Å². The molecule has 1 amide bonds. The molecule has 1 aliphatic heterocycles. The molecule has 1 N–H and O–H groups in total. The molecule has 0 saturated carbocycles. The Hall–Kier alpha value is -1.70. The average molecular weight is 479 g/mol. The van der Waals surface area contributed by atoms with Crippen molar-refractivity contribution in [3.8, 4) is 0 Å². The lowest BCUT2D eigenvalue weighted by Gasteiger charge is -2.30. The molecule has 29 heavy (non-hydrogen) atoms. The van der Waals surface area contributed by atoms with E-state index >= 15 is 0 Å². The molecule has 1 aliphatic rings. The Kier molecular flexibility index (Phi) is 7.14. The van der Waals surface area contributed by atoms with Crippen molar-refractivity contribution in [3.05, 3.63) is 63.6 Å². The summed E-state index contributed by atoms with van der Waals surface area (Å²) >= 11 is 3.52. The number of benzene rings is 2. The van der Waals surface area contributed by atoms with E-state index in [9.17, 15) is 13.2 Å². The number of carbonyl (C=O) groups excluding carboxylic acids is 1. The molecule has 0 aromatic heterocycles. The maximum absolute atomic E-state index is 12.9. The standard InChI is InChI=1S/C22H27BrN2O3S/c1-16-7-8-20(15-17(16)2)29(27,28)25-13-10-19(11-14-25)22(26)24-12-9-18-5-3-4-6-21(18)23/h3-8,15,19H,9-14H2,1-2H3,(H,24,26). The number of sulfonamides is 1. The first-order valence-electron chi connectivity index (χ1n) is 9.87. The van der Waals surface area contributed by atoms with Gasteiger partial charge in [0.1, 0.15) is 0 Å². The topological polar surface area (TPSA) is 66.5 Å². The van der Waals surface area contributed by atoms with Crippen LogP contribution in [0, 0.1) is 19.8 Å².